The number of nitrogens with zero attached hydrogens (tertiary/aromatic N) is 3. The zero-order valence-corrected chi connectivity index (χ0v) is 18.0. The first-order chi connectivity index (χ1) is 13.8. The minimum absolute atomic E-state index is 0.690. The molecule has 0 atom stereocenters. The van der Waals surface area contributed by atoms with Gasteiger partial charge in [0.1, 0.15) is 0 Å². The summed E-state index contributed by atoms with van der Waals surface area (Å²) in [6, 6.07) is 13.2. The van der Waals surface area contributed by atoms with Crippen molar-refractivity contribution in [3.8, 4) is 0 Å². The Balaban J connectivity index is 1.48. The van der Waals surface area contributed by atoms with Crippen LogP contribution in [0.5, 0.6) is 0 Å². The molecule has 0 radical (unpaired) electrons. The van der Waals surface area contributed by atoms with E-state index in [1.807, 2.05) is 0 Å². The molecule has 2 heterocycles. The number of hydrogen-bond acceptors (Lipinski definition) is 4. The van der Waals surface area contributed by atoms with Crippen molar-refractivity contribution < 1.29 is 0 Å². The molecule has 0 bridgehead atoms. The highest BCUT2D eigenvalue weighted by molar-refractivity contribution is 7.09. The van der Waals surface area contributed by atoms with Crippen LogP contribution in [0.3, 0.4) is 0 Å². The first kappa shape index (κ1) is 20.8. The summed E-state index contributed by atoms with van der Waals surface area (Å²) in [7, 11) is 0. The van der Waals surface area contributed by atoms with Gasteiger partial charge in [-0.1, -0.05) is 37.3 Å². The average molecular weight is 400 g/mol. The molecular formula is C22H33N5S. The molecule has 1 fully saturated rings. The summed E-state index contributed by atoms with van der Waals surface area (Å²) in [6.45, 7) is 13.6. The summed E-state index contributed by atoms with van der Waals surface area (Å²) < 4.78 is 0. The number of thiophene rings is 1. The fourth-order valence-electron chi connectivity index (χ4n) is 3.37. The molecule has 2 aromatic rings. The van der Waals surface area contributed by atoms with Crippen LogP contribution in [0.25, 0.3) is 0 Å². The molecule has 6 heteroatoms. The summed E-state index contributed by atoms with van der Waals surface area (Å²) >= 11 is 1.76. The predicted octanol–water partition coefficient (Wildman–Crippen LogP) is 3.14. The number of piperazine rings is 1. The molecule has 0 amide bonds. The van der Waals surface area contributed by atoms with Crippen molar-refractivity contribution >= 4 is 17.3 Å². The largest absolute Gasteiger partial charge is 0.357 e. The number of benzene rings is 1. The third-order valence-corrected chi connectivity index (χ3v) is 5.99. The van der Waals surface area contributed by atoms with E-state index in [1.54, 1.807) is 11.3 Å². The number of rotatable bonds is 8. The maximum Gasteiger partial charge on any atom is 0.191 e. The quantitative estimate of drug-likeness (QED) is 0.529. The van der Waals surface area contributed by atoms with Crippen LogP contribution >= 0.6 is 11.3 Å². The Bertz CT molecular complexity index is 703. The topological polar surface area (TPSA) is 42.9 Å². The van der Waals surface area contributed by atoms with Gasteiger partial charge >= 0.3 is 0 Å². The van der Waals surface area contributed by atoms with Crippen molar-refractivity contribution in [2.24, 2.45) is 4.99 Å². The molecule has 3 rings (SSSR count). The normalized spacial score (nSPS) is 16.3. The Hall–Kier alpha value is -1.89. The zero-order valence-electron chi connectivity index (χ0n) is 17.2. The van der Waals surface area contributed by atoms with E-state index < -0.39 is 0 Å². The van der Waals surface area contributed by atoms with Crippen LogP contribution in [0.2, 0.25) is 0 Å². The van der Waals surface area contributed by atoms with Crippen LogP contribution in [-0.2, 0) is 19.6 Å². The molecular weight excluding hydrogens is 366 g/mol. The van der Waals surface area contributed by atoms with Gasteiger partial charge in [-0.05, 0) is 36.0 Å². The van der Waals surface area contributed by atoms with E-state index in [4.69, 9.17) is 4.99 Å². The lowest BCUT2D eigenvalue weighted by Crippen LogP contribution is -2.45. The van der Waals surface area contributed by atoms with Gasteiger partial charge in [0.25, 0.3) is 0 Å². The number of aliphatic imine (C=N–C) groups is 1. The average Bonchev–Trinajstić information content (AvgIpc) is 3.25. The van der Waals surface area contributed by atoms with Crippen LogP contribution in [0.4, 0.5) is 0 Å². The molecule has 2 N–H and O–H groups in total. The lowest BCUT2D eigenvalue weighted by molar-refractivity contribution is 0.132. The van der Waals surface area contributed by atoms with Crippen LogP contribution in [0, 0.1) is 0 Å². The van der Waals surface area contributed by atoms with E-state index in [9.17, 15) is 0 Å². The van der Waals surface area contributed by atoms with Crippen LogP contribution in [0.15, 0.2) is 46.8 Å². The molecule has 0 aliphatic carbocycles. The van der Waals surface area contributed by atoms with Gasteiger partial charge in [0.15, 0.2) is 5.96 Å². The number of likely N-dealkylation sites (N-methyl/N-ethyl adjacent to an activating group) is 1. The second kappa shape index (κ2) is 11.2. The van der Waals surface area contributed by atoms with Gasteiger partial charge < -0.3 is 15.5 Å². The third-order valence-electron chi connectivity index (χ3n) is 5.12. The molecule has 5 nitrogen and oxygen atoms in total. The Labute approximate surface area is 173 Å². The highest BCUT2D eigenvalue weighted by Crippen LogP contribution is 2.11. The maximum atomic E-state index is 4.73. The Morgan fingerprint density at radius 1 is 0.964 bits per heavy atom. The van der Waals surface area contributed by atoms with Crippen molar-refractivity contribution in [2.45, 2.75) is 33.5 Å². The van der Waals surface area contributed by atoms with Gasteiger partial charge in [0, 0.05) is 44.1 Å². The van der Waals surface area contributed by atoms with E-state index in [-0.39, 0.29) is 0 Å². The summed E-state index contributed by atoms with van der Waals surface area (Å²) in [6.07, 6.45) is 0. The van der Waals surface area contributed by atoms with Crippen molar-refractivity contribution in [3.63, 3.8) is 0 Å². The Kier molecular flexibility index (Phi) is 8.33. The summed E-state index contributed by atoms with van der Waals surface area (Å²) in [5, 5.41) is 8.83. The SMILES string of the molecule is CCNC(=NCc1ccc(CN2CCN(CC)CC2)cc1)NCc1cccs1. The summed E-state index contributed by atoms with van der Waals surface area (Å²) in [5.41, 5.74) is 2.63. The van der Waals surface area contributed by atoms with Crippen molar-refractivity contribution in [1.82, 2.24) is 20.4 Å². The number of guanidine groups is 1. The van der Waals surface area contributed by atoms with Crippen LogP contribution < -0.4 is 10.6 Å². The molecule has 1 aromatic heterocycles. The molecule has 28 heavy (non-hydrogen) atoms. The molecule has 1 aromatic carbocycles. The number of hydrogen-bond donors (Lipinski definition) is 2. The lowest BCUT2D eigenvalue weighted by atomic mass is 10.1. The molecule has 0 spiro atoms. The van der Waals surface area contributed by atoms with Crippen molar-refractivity contribution in [3.05, 3.63) is 57.8 Å². The van der Waals surface area contributed by atoms with E-state index in [0.29, 0.717) is 6.54 Å². The highest BCUT2D eigenvalue weighted by atomic mass is 32.1. The second-order valence-electron chi connectivity index (χ2n) is 7.15. The smallest absolute Gasteiger partial charge is 0.191 e. The van der Waals surface area contributed by atoms with Gasteiger partial charge in [0.05, 0.1) is 13.1 Å². The minimum atomic E-state index is 0.690. The fourth-order valence-corrected chi connectivity index (χ4v) is 4.01. The first-order valence-corrected chi connectivity index (χ1v) is 11.2. The molecule has 1 aliphatic heterocycles. The van der Waals surface area contributed by atoms with Crippen molar-refractivity contribution in [1.29, 1.82) is 0 Å². The van der Waals surface area contributed by atoms with Gasteiger partial charge in [-0.25, -0.2) is 4.99 Å². The van der Waals surface area contributed by atoms with E-state index >= 15 is 0 Å². The molecule has 152 valence electrons. The Morgan fingerprint density at radius 3 is 2.32 bits per heavy atom. The van der Waals surface area contributed by atoms with Gasteiger partial charge in [0.2, 0.25) is 0 Å². The van der Waals surface area contributed by atoms with Gasteiger partial charge in [-0.15, -0.1) is 11.3 Å². The molecule has 1 aliphatic rings. The standard InChI is InChI=1S/C22H33N5S/c1-3-23-22(25-17-21-6-5-15-28-21)24-16-19-7-9-20(10-8-19)18-27-13-11-26(4-2)12-14-27/h5-10,15H,3-4,11-14,16-18H2,1-2H3,(H2,23,24,25). The molecule has 0 unspecified atom stereocenters. The number of nitrogens with one attached hydrogen (secondary N) is 2. The second-order valence-corrected chi connectivity index (χ2v) is 8.19. The van der Waals surface area contributed by atoms with Crippen LogP contribution in [-0.4, -0.2) is 55.0 Å². The molecule has 0 saturated carbocycles. The monoisotopic (exact) mass is 399 g/mol. The van der Waals surface area contributed by atoms with E-state index in [2.05, 4.69) is 76.1 Å². The summed E-state index contributed by atoms with van der Waals surface area (Å²) in [5.74, 6) is 0.869. The molecule has 1 saturated heterocycles. The van der Waals surface area contributed by atoms with Crippen LogP contribution in [0.1, 0.15) is 29.9 Å². The van der Waals surface area contributed by atoms with E-state index in [1.165, 1.54) is 48.7 Å². The zero-order chi connectivity index (χ0) is 19.6. The first-order valence-electron chi connectivity index (χ1n) is 10.3. The van der Waals surface area contributed by atoms with Gasteiger partial charge in [-0.3, -0.25) is 4.90 Å². The Morgan fingerprint density at radius 2 is 1.68 bits per heavy atom. The minimum Gasteiger partial charge on any atom is -0.357 e. The lowest BCUT2D eigenvalue weighted by Gasteiger charge is -2.34. The fraction of sp³-hybridized carbons (Fsp3) is 0.500. The highest BCUT2D eigenvalue weighted by Gasteiger charge is 2.15. The van der Waals surface area contributed by atoms with E-state index in [0.717, 1.165) is 25.6 Å². The predicted molar refractivity (Wildman–Crippen MR) is 120 cm³/mol. The third kappa shape index (κ3) is 6.62. The van der Waals surface area contributed by atoms with Gasteiger partial charge in [-0.2, -0.15) is 0 Å². The van der Waals surface area contributed by atoms with Crippen molar-refractivity contribution in [2.75, 3.05) is 39.3 Å². The maximum absolute atomic E-state index is 4.73. The summed E-state index contributed by atoms with van der Waals surface area (Å²) in [4.78, 5) is 11.1.